The molecule has 0 spiro atoms. The first-order chi connectivity index (χ1) is 9.52. The summed E-state index contributed by atoms with van der Waals surface area (Å²) in [6, 6.07) is 11.6. The number of carbonyl (C=O) groups is 1. The summed E-state index contributed by atoms with van der Waals surface area (Å²) in [7, 11) is 0. The van der Waals surface area contributed by atoms with Gasteiger partial charge >= 0.3 is 0 Å². The van der Waals surface area contributed by atoms with Gasteiger partial charge in [-0.1, -0.05) is 0 Å². The van der Waals surface area contributed by atoms with Crippen molar-refractivity contribution >= 4 is 5.91 Å². The maximum Gasteiger partial charge on any atom is 0.284 e. The predicted molar refractivity (Wildman–Crippen MR) is 75.3 cm³/mol. The van der Waals surface area contributed by atoms with Crippen LogP contribution >= 0.6 is 0 Å². The van der Waals surface area contributed by atoms with Crippen LogP contribution in [0.4, 0.5) is 0 Å². The molecule has 0 aliphatic rings. The topological polar surface area (TPSA) is 63.5 Å². The van der Waals surface area contributed by atoms with E-state index in [2.05, 4.69) is 16.7 Å². The molecule has 0 bridgehead atoms. The number of nitrogens with zero attached hydrogens (tertiary/aromatic N) is 1. The summed E-state index contributed by atoms with van der Waals surface area (Å²) in [5, 5.41) is 8.53. The fourth-order valence-electron chi connectivity index (χ4n) is 2.10. The van der Waals surface area contributed by atoms with Crippen molar-refractivity contribution in [3.8, 4) is 11.4 Å². The Kier molecular flexibility index (Phi) is 4.10. The second kappa shape index (κ2) is 5.79. The normalized spacial score (nSPS) is 12.0. The lowest BCUT2D eigenvalue weighted by Gasteiger charge is -2.14. The van der Waals surface area contributed by atoms with Crippen molar-refractivity contribution in [1.82, 2.24) is 10.0 Å². The van der Waals surface area contributed by atoms with E-state index in [-0.39, 0.29) is 0 Å². The molecule has 20 heavy (non-hydrogen) atoms. The van der Waals surface area contributed by atoms with Crippen molar-refractivity contribution in [2.75, 3.05) is 0 Å². The Morgan fingerprint density at radius 1 is 1.15 bits per heavy atom. The van der Waals surface area contributed by atoms with Crippen LogP contribution in [0.25, 0.3) is 5.69 Å². The van der Waals surface area contributed by atoms with Gasteiger partial charge in [0.1, 0.15) is 5.75 Å². The van der Waals surface area contributed by atoms with E-state index in [1.165, 1.54) is 0 Å². The molecule has 1 unspecified atom stereocenters. The number of aryl methyl sites for hydroxylation is 2. The molecule has 2 rings (SSSR count). The van der Waals surface area contributed by atoms with Crippen LogP contribution in [-0.4, -0.2) is 21.8 Å². The minimum atomic E-state index is -0.749. The van der Waals surface area contributed by atoms with Crippen molar-refractivity contribution in [2.45, 2.75) is 26.9 Å². The summed E-state index contributed by atoms with van der Waals surface area (Å²) < 4.78 is 7.55. The molecule has 0 aliphatic heterocycles. The van der Waals surface area contributed by atoms with E-state index in [1.807, 2.05) is 26.0 Å². The zero-order valence-electron chi connectivity index (χ0n) is 11.8. The van der Waals surface area contributed by atoms with Crippen LogP contribution in [0.5, 0.6) is 5.75 Å². The van der Waals surface area contributed by atoms with Gasteiger partial charge in [0.25, 0.3) is 5.91 Å². The number of rotatable bonds is 4. The van der Waals surface area contributed by atoms with Crippen LogP contribution in [0.15, 0.2) is 36.4 Å². The van der Waals surface area contributed by atoms with Gasteiger partial charge in [-0.05, 0) is 57.2 Å². The molecular weight excluding hydrogens is 256 g/mol. The molecule has 1 heterocycles. The molecule has 0 radical (unpaired) electrons. The summed E-state index contributed by atoms with van der Waals surface area (Å²) in [6.07, 6.45) is -0.749. The number of hydrogen-bond donors (Lipinski definition) is 2. The van der Waals surface area contributed by atoms with Crippen LogP contribution in [0.2, 0.25) is 0 Å². The molecule has 2 aromatic rings. The smallest absolute Gasteiger partial charge is 0.284 e. The monoisotopic (exact) mass is 274 g/mol. The van der Waals surface area contributed by atoms with Gasteiger partial charge in [0.2, 0.25) is 0 Å². The molecule has 0 aliphatic carbocycles. The number of aromatic nitrogens is 1. The number of carbonyl (C=O) groups excluding carboxylic acids is 1. The van der Waals surface area contributed by atoms with Gasteiger partial charge in [0, 0.05) is 17.1 Å². The van der Waals surface area contributed by atoms with Crippen LogP contribution < -0.4 is 10.2 Å². The van der Waals surface area contributed by atoms with Crippen molar-refractivity contribution in [1.29, 1.82) is 0 Å². The SMILES string of the molecule is Cc1ccc(C)n1-c1ccc(OC(C)C(=O)NO)cc1. The predicted octanol–water partition coefficient (Wildman–Crippen LogP) is 2.37. The average Bonchev–Trinajstić information content (AvgIpc) is 2.78. The maximum absolute atomic E-state index is 11.2. The molecule has 106 valence electrons. The van der Waals surface area contributed by atoms with Crippen molar-refractivity contribution in [3.63, 3.8) is 0 Å². The van der Waals surface area contributed by atoms with E-state index in [4.69, 9.17) is 9.94 Å². The second-order valence-electron chi connectivity index (χ2n) is 4.68. The quantitative estimate of drug-likeness (QED) is 0.664. The van der Waals surface area contributed by atoms with E-state index in [0.717, 1.165) is 17.1 Å². The standard InChI is InChI=1S/C15H18N2O3/c1-10-4-5-11(2)17(10)13-6-8-14(9-7-13)20-12(3)15(18)16-19/h4-9,12,19H,1-3H3,(H,16,18). The largest absolute Gasteiger partial charge is 0.481 e. The summed E-state index contributed by atoms with van der Waals surface area (Å²) in [4.78, 5) is 11.2. The Bertz CT molecular complexity index is 583. The average molecular weight is 274 g/mol. The first kappa shape index (κ1) is 14.1. The van der Waals surface area contributed by atoms with Crippen LogP contribution in [0.3, 0.4) is 0 Å². The number of hydroxylamine groups is 1. The molecule has 0 saturated carbocycles. The second-order valence-corrected chi connectivity index (χ2v) is 4.68. The van der Waals surface area contributed by atoms with E-state index >= 15 is 0 Å². The highest BCUT2D eigenvalue weighted by molar-refractivity contribution is 5.79. The number of ether oxygens (including phenoxy) is 1. The van der Waals surface area contributed by atoms with Crippen molar-refractivity contribution in [3.05, 3.63) is 47.8 Å². The summed E-state index contributed by atoms with van der Waals surface area (Å²) in [5.41, 5.74) is 4.92. The molecule has 1 aromatic heterocycles. The lowest BCUT2D eigenvalue weighted by Crippen LogP contribution is -2.34. The Balaban J connectivity index is 2.17. The molecule has 2 N–H and O–H groups in total. The van der Waals surface area contributed by atoms with Gasteiger partial charge < -0.3 is 9.30 Å². The Labute approximate surface area is 117 Å². The Morgan fingerprint density at radius 2 is 1.70 bits per heavy atom. The lowest BCUT2D eigenvalue weighted by atomic mass is 10.2. The zero-order chi connectivity index (χ0) is 14.7. The van der Waals surface area contributed by atoms with Crippen LogP contribution in [0.1, 0.15) is 18.3 Å². The van der Waals surface area contributed by atoms with E-state index in [9.17, 15) is 4.79 Å². The third-order valence-electron chi connectivity index (χ3n) is 3.16. The lowest BCUT2D eigenvalue weighted by molar-refractivity contribution is -0.135. The van der Waals surface area contributed by atoms with Gasteiger partial charge in [-0.25, -0.2) is 5.48 Å². The van der Waals surface area contributed by atoms with Crippen molar-refractivity contribution in [2.24, 2.45) is 0 Å². The van der Waals surface area contributed by atoms with Gasteiger partial charge in [-0.3, -0.25) is 10.0 Å². The summed E-state index contributed by atoms with van der Waals surface area (Å²) in [5.74, 6) is -0.00140. The van der Waals surface area contributed by atoms with Gasteiger partial charge in [-0.2, -0.15) is 0 Å². The third-order valence-corrected chi connectivity index (χ3v) is 3.16. The van der Waals surface area contributed by atoms with Crippen molar-refractivity contribution < 1.29 is 14.7 Å². The Hall–Kier alpha value is -2.27. The minimum absolute atomic E-state index is 0.576. The van der Waals surface area contributed by atoms with Gasteiger partial charge in [-0.15, -0.1) is 0 Å². The van der Waals surface area contributed by atoms with Gasteiger partial charge in [0.15, 0.2) is 6.10 Å². The number of amides is 1. The molecule has 0 fully saturated rings. The first-order valence-electron chi connectivity index (χ1n) is 6.39. The Morgan fingerprint density at radius 3 is 2.20 bits per heavy atom. The van der Waals surface area contributed by atoms with Gasteiger partial charge in [0.05, 0.1) is 0 Å². The summed E-state index contributed by atoms with van der Waals surface area (Å²) >= 11 is 0. The minimum Gasteiger partial charge on any atom is -0.481 e. The van der Waals surface area contributed by atoms with E-state index in [0.29, 0.717) is 5.75 Å². The molecule has 5 nitrogen and oxygen atoms in total. The molecular formula is C15H18N2O3. The zero-order valence-corrected chi connectivity index (χ0v) is 11.8. The van der Waals surface area contributed by atoms with Crippen LogP contribution in [-0.2, 0) is 4.79 Å². The van der Waals surface area contributed by atoms with Crippen LogP contribution in [0, 0.1) is 13.8 Å². The highest BCUT2D eigenvalue weighted by Gasteiger charge is 2.13. The summed E-state index contributed by atoms with van der Waals surface area (Å²) in [6.45, 7) is 5.66. The third kappa shape index (κ3) is 2.83. The van der Waals surface area contributed by atoms with E-state index in [1.54, 1.807) is 24.5 Å². The molecule has 1 atom stereocenters. The van der Waals surface area contributed by atoms with E-state index < -0.39 is 12.0 Å². The molecule has 5 heteroatoms. The highest BCUT2D eigenvalue weighted by atomic mass is 16.5. The highest BCUT2D eigenvalue weighted by Crippen LogP contribution is 2.20. The fraction of sp³-hybridized carbons (Fsp3) is 0.267. The number of nitrogens with one attached hydrogen (secondary N) is 1. The fourth-order valence-corrected chi connectivity index (χ4v) is 2.10. The maximum atomic E-state index is 11.2. The first-order valence-corrected chi connectivity index (χ1v) is 6.39. The molecule has 1 aromatic carbocycles. The molecule has 0 saturated heterocycles. The number of benzene rings is 1. The molecule has 1 amide bonds. The number of hydrogen-bond acceptors (Lipinski definition) is 3.